The summed E-state index contributed by atoms with van der Waals surface area (Å²) in [5, 5.41) is 25.8. The number of rotatable bonds is 5. The van der Waals surface area contributed by atoms with Crippen molar-refractivity contribution < 1.29 is 50.6 Å². The second kappa shape index (κ2) is 20.4. The fourth-order valence-electron chi connectivity index (χ4n) is 3.46. The van der Waals surface area contributed by atoms with Crippen molar-refractivity contribution in [2.24, 2.45) is 0 Å². The van der Waals surface area contributed by atoms with Crippen molar-refractivity contribution in [3.63, 3.8) is 0 Å². The minimum Gasteiger partial charge on any atom is -0.668 e. The Bertz CT molecular complexity index is 1050. The molecule has 1 amide bonds. The molecule has 1 aliphatic rings. The minimum atomic E-state index is -0.387. The number of likely N-dealkylation sites (tertiary alicyclic amines) is 1. The first-order valence-electron chi connectivity index (χ1n) is 13.1. The van der Waals surface area contributed by atoms with E-state index >= 15 is 0 Å². The SMILES string of the molecule is CC(C)c1cc(C(C)C(=O)N2CCC(O)C2)on1.CCC.C[N-]C.Cc1ncsc1-c1ccc(CO)cc1.[U]. The quantitative estimate of drug-likeness (QED) is 0.322. The average molecular weight is 784 g/mol. The van der Waals surface area contributed by atoms with Crippen molar-refractivity contribution in [1.82, 2.24) is 15.0 Å². The summed E-state index contributed by atoms with van der Waals surface area (Å²) in [5.74, 6) is 0.553. The zero-order valence-electron chi connectivity index (χ0n) is 24.6. The van der Waals surface area contributed by atoms with Crippen LogP contribution in [0, 0.1) is 38.0 Å². The molecule has 4 rings (SSSR count). The van der Waals surface area contributed by atoms with E-state index in [1.807, 2.05) is 63.5 Å². The molecule has 0 saturated carbocycles. The number of β-amino-alcohol motifs (C(OH)–C–C–N with tert-alkyl or cyclic N) is 1. The second-order valence-corrected chi connectivity index (χ2v) is 10.4. The third-order valence-corrected chi connectivity index (χ3v) is 6.53. The Morgan fingerprint density at radius 2 is 1.79 bits per heavy atom. The Morgan fingerprint density at radius 3 is 2.21 bits per heavy atom. The van der Waals surface area contributed by atoms with Gasteiger partial charge < -0.3 is 25.0 Å². The fraction of sp³-hybridized carbons (Fsp3) is 0.552. The molecule has 2 N–H and O–H groups in total. The van der Waals surface area contributed by atoms with Crippen LogP contribution in [-0.2, 0) is 11.4 Å². The molecular formula is C29H45N4O4SU-. The minimum absolute atomic E-state index is 0. The van der Waals surface area contributed by atoms with Gasteiger partial charge in [-0.25, -0.2) is 4.98 Å². The predicted molar refractivity (Wildman–Crippen MR) is 156 cm³/mol. The van der Waals surface area contributed by atoms with E-state index < -0.39 is 0 Å². The molecule has 8 nitrogen and oxygen atoms in total. The molecule has 0 spiro atoms. The number of hydrogen-bond acceptors (Lipinski definition) is 7. The third-order valence-electron chi connectivity index (χ3n) is 5.55. The van der Waals surface area contributed by atoms with Crippen LogP contribution in [0.25, 0.3) is 15.8 Å². The van der Waals surface area contributed by atoms with Crippen LogP contribution >= 0.6 is 11.3 Å². The molecule has 39 heavy (non-hydrogen) atoms. The van der Waals surface area contributed by atoms with Gasteiger partial charge in [0.1, 0.15) is 5.76 Å². The molecule has 2 unspecified atom stereocenters. The Morgan fingerprint density at radius 1 is 1.21 bits per heavy atom. The van der Waals surface area contributed by atoms with Gasteiger partial charge in [0.05, 0.1) is 40.4 Å². The van der Waals surface area contributed by atoms with Gasteiger partial charge >= 0.3 is 0 Å². The number of amides is 1. The maximum Gasteiger partial charge on any atom is 0.233 e. The predicted octanol–water partition coefficient (Wildman–Crippen LogP) is 6.14. The molecule has 2 aromatic heterocycles. The van der Waals surface area contributed by atoms with E-state index in [0.717, 1.165) is 17.0 Å². The number of carbonyl (C=O) groups excluding carboxylic acids is 1. The summed E-state index contributed by atoms with van der Waals surface area (Å²) >= 11 is 1.64. The largest absolute Gasteiger partial charge is 0.668 e. The van der Waals surface area contributed by atoms with Crippen molar-refractivity contribution in [1.29, 1.82) is 0 Å². The van der Waals surface area contributed by atoms with Gasteiger partial charge in [0.2, 0.25) is 5.91 Å². The van der Waals surface area contributed by atoms with Crippen LogP contribution < -0.4 is 0 Å². The average Bonchev–Trinajstić information content (AvgIpc) is 3.66. The van der Waals surface area contributed by atoms with Crippen molar-refractivity contribution in [3.8, 4) is 10.4 Å². The molecular weight excluding hydrogens is 738 g/mol. The number of aryl methyl sites for hydroxylation is 1. The van der Waals surface area contributed by atoms with Crippen molar-refractivity contribution >= 4 is 17.2 Å². The smallest absolute Gasteiger partial charge is 0.233 e. The van der Waals surface area contributed by atoms with E-state index in [-0.39, 0.29) is 55.6 Å². The summed E-state index contributed by atoms with van der Waals surface area (Å²) in [7, 11) is 3.50. The Balaban J connectivity index is 0.000000614. The molecule has 216 valence electrons. The van der Waals surface area contributed by atoms with Crippen LogP contribution in [0.2, 0.25) is 0 Å². The van der Waals surface area contributed by atoms with E-state index in [4.69, 9.17) is 9.63 Å². The van der Waals surface area contributed by atoms with Crippen LogP contribution in [0.4, 0.5) is 0 Å². The molecule has 0 aliphatic carbocycles. The first kappa shape index (κ1) is 37.5. The topological polar surface area (TPSA) is 114 Å². The van der Waals surface area contributed by atoms with Crippen LogP contribution in [0.3, 0.4) is 0 Å². The van der Waals surface area contributed by atoms with Gasteiger partial charge in [-0.05, 0) is 37.3 Å². The Hall–Kier alpha value is -1.54. The van der Waals surface area contributed by atoms with Crippen LogP contribution in [0.5, 0.6) is 0 Å². The second-order valence-electron chi connectivity index (χ2n) is 9.53. The van der Waals surface area contributed by atoms with Gasteiger partial charge in [0.25, 0.3) is 0 Å². The summed E-state index contributed by atoms with van der Waals surface area (Å²) in [6.07, 6.45) is 1.52. The number of nitrogens with zero attached hydrogens (tertiary/aromatic N) is 4. The van der Waals surface area contributed by atoms with Gasteiger partial charge in [0.15, 0.2) is 0 Å². The zero-order chi connectivity index (χ0) is 28.7. The van der Waals surface area contributed by atoms with E-state index in [0.29, 0.717) is 31.2 Å². The standard InChI is InChI=1S/C13H20N2O3.C11H11NOS.C3H8.C2H6N.U/c1-8(2)11-6-12(18-14-11)9(3)13(17)15-5-4-10(16)7-15;1-8-11(14-7-12-8)10-4-2-9(6-13)3-5-10;2*1-3-2;/h6,8-10,16H,4-5,7H2,1-3H3;2-5,7,13H,6H2,1H3;3H2,1-2H3;1-2H3;/q;;;-1;. The molecule has 1 fully saturated rings. The number of carbonyl (C=O) groups is 1. The van der Waals surface area contributed by atoms with Crippen molar-refractivity contribution in [3.05, 3.63) is 63.9 Å². The van der Waals surface area contributed by atoms with E-state index in [9.17, 15) is 9.90 Å². The molecule has 0 radical (unpaired) electrons. The van der Waals surface area contributed by atoms with Gasteiger partial charge in [-0.1, -0.05) is 63.5 Å². The van der Waals surface area contributed by atoms with Gasteiger partial charge in [-0.15, -0.1) is 11.3 Å². The molecule has 3 heterocycles. The molecule has 1 saturated heterocycles. The normalized spacial score (nSPS) is 14.6. The number of aromatic nitrogens is 2. The van der Waals surface area contributed by atoms with Gasteiger partial charge in [-0.2, -0.15) is 14.1 Å². The number of aliphatic hydroxyl groups is 2. The van der Waals surface area contributed by atoms with Crippen LogP contribution in [0.1, 0.15) is 82.0 Å². The number of aliphatic hydroxyl groups excluding tert-OH is 2. The van der Waals surface area contributed by atoms with Crippen molar-refractivity contribution in [2.75, 3.05) is 27.2 Å². The Kier molecular flexibility index (Phi) is 19.6. The zero-order valence-corrected chi connectivity index (χ0v) is 29.6. The van der Waals surface area contributed by atoms with E-state index in [1.54, 1.807) is 30.3 Å². The summed E-state index contributed by atoms with van der Waals surface area (Å²) in [6, 6.07) is 9.76. The summed E-state index contributed by atoms with van der Waals surface area (Å²) in [5.41, 5.74) is 5.89. The summed E-state index contributed by atoms with van der Waals surface area (Å²) < 4.78 is 5.24. The molecule has 1 aliphatic heterocycles. The van der Waals surface area contributed by atoms with Crippen LogP contribution in [-0.4, -0.2) is 64.4 Å². The number of benzene rings is 1. The molecule has 2 atom stereocenters. The molecule has 0 bridgehead atoms. The van der Waals surface area contributed by atoms with E-state index in [1.165, 1.54) is 16.9 Å². The number of hydrogen-bond donors (Lipinski definition) is 2. The first-order chi connectivity index (χ1) is 18.1. The van der Waals surface area contributed by atoms with Gasteiger partial charge in [-0.3, -0.25) is 4.79 Å². The summed E-state index contributed by atoms with van der Waals surface area (Å²) in [6.45, 7) is 13.3. The monoisotopic (exact) mass is 783 g/mol. The number of thiazole rings is 1. The fourth-order valence-corrected chi connectivity index (χ4v) is 4.27. The third kappa shape index (κ3) is 12.7. The molecule has 10 heteroatoms. The maximum absolute atomic E-state index is 12.2. The molecule has 1 aromatic carbocycles. The van der Waals surface area contributed by atoms with Gasteiger partial charge in [0, 0.05) is 50.3 Å². The summed E-state index contributed by atoms with van der Waals surface area (Å²) in [4.78, 5) is 19.3. The Labute approximate surface area is 262 Å². The maximum atomic E-state index is 12.2. The van der Waals surface area contributed by atoms with E-state index in [2.05, 4.69) is 29.3 Å². The van der Waals surface area contributed by atoms with Crippen molar-refractivity contribution in [2.45, 2.75) is 78.9 Å². The first-order valence-corrected chi connectivity index (χ1v) is 14.0. The molecule has 3 aromatic rings. The van der Waals surface area contributed by atoms with Crippen LogP contribution in [0.15, 0.2) is 40.4 Å².